The molecule has 58 valence electrons. The van der Waals surface area contributed by atoms with Gasteiger partial charge in [-0.1, -0.05) is 12.1 Å². The molecule has 0 saturated heterocycles. The fraction of sp³-hybridized carbons (Fsp3) is 0.125. The summed E-state index contributed by atoms with van der Waals surface area (Å²) in [4.78, 5) is 10.5. The molecule has 0 heterocycles. The summed E-state index contributed by atoms with van der Waals surface area (Å²) in [6, 6.07) is 6.50. The van der Waals surface area contributed by atoms with Gasteiger partial charge in [-0.15, -0.1) is 0 Å². The van der Waals surface area contributed by atoms with Crippen LogP contribution >= 0.6 is 0 Å². The molecule has 3 nitrogen and oxygen atoms in total. The first-order valence-electron chi connectivity index (χ1n) is 3.12. The summed E-state index contributed by atoms with van der Waals surface area (Å²) in [5, 5.41) is 8.62. The van der Waals surface area contributed by atoms with Crippen molar-refractivity contribution >= 4 is 5.97 Å². The summed E-state index contributed by atoms with van der Waals surface area (Å²) in [6.45, 7) is 0. The summed E-state index contributed by atoms with van der Waals surface area (Å²) < 4.78 is 4.83. The van der Waals surface area contributed by atoms with Crippen LogP contribution in [0.15, 0.2) is 24.3 Å². The molecule has 1 N–H and O–H groups in total. The van der Waals surface area contributed by atoms with Gasteiger partial charge in [0.15, 0.2) is 0 Å². The van der Waals surface area contributed by atoms with E-state index in [4.69, 9.17) is 9.84 Å². The summed E-state index contributed by atoms with van der Waals surface area (Å²) in [6.07, 6.45) is 0. The first-order chi connectivity index (χ1) is 5.25. The molecule has 0 aliphatic heterocycles. The van der Waals surface area contributed by atoms with Gasteiger partial charge in [0.2, 0.25) is 0 Å². The predicted molar refractivity (Wildman–Crippen MR) is 40.0 cm³/mol. The summed E-state index contributed by atoms with van der Waals surface area (Å²) in [5.74, 6) is -0.581. The topological polar surface area (TPSA) is 46.5 Å². The number of ether oxygens (including phenoxy) is 1. The van der Waals surface area contributed by atoms with Crippen molar-refractivity contribution in [3.05, 3.63) is 29.8 Å². The van der Waals surface area contributed by atoms with Gasteiger partial charge in [0.25, 0.3) is 0 Å². The van der Waals surface area contributed by atoms with Gasteiger partial charge in [0.05, 0.1) is 7.11 Å². The van der Waals surface area contributed by atoms with Crippen molar-refractivity contribution in [1.29, 1.82) is 0 Å². The highest BCUT2D eigenvalue weighted by atomic mass is 16.5. The van der Waals surface area contributed by atoms with Crippen LogP contribution in [0, 0.1) is 0 Å². The third-order valence-corrected chi connectivity index (χ3v) is 1.34. The Morgan fingerprint density at radius 2 is 2.09 bits per heavy atom. The maximum atomic E-state index is 10.5. The van der Waals surface area contributed by atoms with E-state index in [1.54, 1.807) is 18.2 Å². The Balaban J connectivity index is 3.12. The van der Waals surface area contributed by atoms with E-state index < -0.39 is 5.97 Å². The molecule has 1 aromatic rings. The number of carboxylic acids is 1. The monoisotopic (exact) mass is 151 g/mol. The van der Waals surface area contributed by atoms with Gasteiger partial charge in [0.1, 0.15) is 11.3 Å². The predicted octanol–water partition coefficient (Wildman–Crippen LogP) is 1.39. The molecular weight excluding hydrogens is 143 g/mol. The molecule has 1 rings (SSSR count). The Morgan fingerprint density at radius 3 is 2.55 bits per heavy atom. The smallest absolute Gasteiger partial charge is 0.339 e. The second-order valence-corrected chi connectivity index (χ2v) is 2.01. The van der Waals surface area contributed by atoms with E-state index in [0.717, 1.165) is 0 Å². The summed E-state index contributed by atoms with van der Waals surface area (Å²) in [7, 11) is 1.45. The molecule has 0 aromatic heterocycles. The molecular formula is C8H8O3. The van der Waals surface area contributed by atoms with Crippen LogP contribution < -0.4 is 4.74 Å². The quantitative estimate of drug-likeness (QED) is 0.694. The molecule has 0 radical (unpaired) electrons. The van der Waals surface area contributed by atoms with Gasteiger partial charge >= 0.3 is 5.97 Å². The molecule has 0 saturated carbocycles. The van der Waals surface area contributed by atoms with Crippen molar-refractivity contribution in [3.63, 3.8) is 0 Å². The van der Waals surface area contributed by atoms with Crippen LogP contribution in [0.3, 0.4) is 0 Å². The molecule has 0 aliphatic rings. The highest BCUT2D eigenvalue weighted by Gasteiger charge is 2.07. The van der Waals surface area contributed by atoms with Crippen LogP contribution in [-0.4, -0.2) is 18.2 Å². The highest BCUT2D eigenvalue weighted by molar-refractivity contribution is 5.90. The van der Waals surface area contributed by atoms with Crippen LogP contribution in [-0.2, 0) is 0 Å². The van der Waals surface area contributed by atoms with Crippen molar-refractivity contribution < 1.29 is 14.6 Å². The Labute approximate surface area is 64.2 Å². The Bertz CT molecular complexity index is 268. The lowest BCUT2D eigenvalue weighted by molar-refractivity contribution is 0.0693. The normalized spacial score (nSPS) is 9.18. The number of methoxy groups -OCH3 is 1. The zero-order valence-electron chi connectivity index (χ0n) is 6.07. The number of hydrogen-bond acceptors (Lipinski definition) is 2. The van der Waals surface area contributed by atoms with Crippen LogP contribution in [0.2, 0.25) is 0 Å². The van der Waals surface area contributed by atoms with Crippen molar-refractivity contribution in [3.8, 4) is 5.75 Å². The van der Waals surface area contributed by atoms with Crippen molar-refractivity contribution in [2.45, 2.75) is 0 Å². The van der Waals surface area contributed by atoms with Gasteiger partial charge in [-0.25, -0.2) is 4.79 Å². The van der Waals surface area contributed by atoms with Crippen molar-refractivity contribution in [1.82, 2.24) is 0 Å². The van der Waals surface area contributed by atoms with Crippen LogP contribution in [0.4, 0.5) is 0 Å². The van der Waals surface area contributed by atoms with Crippen LogP contribution in [0.25, 0.3) is 0 Å². The van der Waals surface area contributed by atoms with E-state index in [9.17, 15) is 4.79 Å². The fourth-order valence-corrected chi connectivity index (χ4v) is 0.821. The van der Waals surface area contributed by atoms with Gasteiger partial charge in [0, 0.05) is 0 Å². The Morgan fingerprint density at radius 1 is 1.45 bits per heavy atom. The van der Waals surface area contributed by atoms with Crippen LogP contribution in [0.5, 0.6) is 5.75 Å². The molecule has 11 heavy (non-hydrogen) atoms. The third-order valence-electron chi connectivity index (χ3n) is 1.34. The van der Waals surface area contributed by atoms with Gasteiger partial charge in [-0.3, -0.25) is 0 Å². The average molecular weight is 151 g/mol. The largest absolute Gasteiger partial charge is 0.496 e. The van der Waals surface area contributed by atoms with E-state index in [1.165, 1.54) is 13.2 Å². The number of aromatic carboxylic acids is 1. The van der Waals surface area contributed by atoms with E-state index >= 15 is 0 Å². The summed E-state index contributed by atoms with van der Waals surface area (Å²) in [5.41, 5.74) is 0.190. The maximum Gasteiger partial charge on any atom is 0.339 e. The van der Waals surface area contributed by atoms with E-state index in [1.807, 2.05) is 0 Å². The van der Waals surface area contributed by atoms with E-state index in [-0.39, 0.29) is 5.56 Å². The first kappa shape index (κ1) is 7.60. The minimum atomic E-state index is -0.970. The number of para-hydroxylation sites is 1. The third kappa shape index (κ3) is 1.49. The second-order valence-electron chi connectivity index (χ2n) is 2.01. The lowest BCUT2D eigenvalue weighted by Gasteiger charge is -2.01. The molecule has 0 aliphatic carbocycles. The number of benzene rings is 1. The molecule has 0 unspecified atom stereocenters. The van der Waals surface area contributed by atoms with E-state index in [2.05, 4.69) is 0 Å². The lowest BCUT2D eigenvalue weighted by atomic mass is 9.93. The SMILES string of the molecule is COc1ccccc1[11C](=O)O. The molecule has 0 atom stereocenters. The van der Waals surface area contributed by atoms with E-state index in [0.29, 0.717) is 5.75 Å². The zero-order chi connectivity index (χ0) is 8.27. The molecule has 0 amide bonds. The first-order valence-corrected chi connectivity index (χ1v) is 3.12. The van der Waals surface area contributed by atoms with Crippen molar-refractivity contribution in [2.75, 3.05) is 7.11 Å². The maximum absolute atomic E-state index is 10.5. The molecule has 0 fully saturated rings. The average Bonchev–Trinajstić information content (AvgIpc) is 2.04. The highest BCUT2D eigenvalue weighted by Crippen LogP contribution is 2.16. The fourth-order valence-electron chi connectivity index (χ4n) is 0.821. The number of hydrogen-bond donors (Lipinski definition) is 1. The van der Waals surface area contributed by atoms with Gasteiger partial charge in [-0.05, 0) is 12.1 Å². The Hall–Kier alpha value is -1.51. The zero-order valence-corrected chi connectivity index (χ0v) is 6.07. The van der Waals surface area contributed by atoms with Gasteiger partial charge < -0.3 is 9.84 Å². The molecule has 0 spiro atoms. The lowest BCUT2D eigenvalue weighted by Crippen LogP contribution is -1.99. The van der Waals surface area contributed by atoms with Crippen molar-refractivity contribution in [2.24, 2.45) is 0 Å². The molecule has 0 bridgehead atoms. The number of carboxylic acid groups (broad SMARTS) is 1. The number of rotatable bonds is 2. The minimum Gasteiger partial charge on any atom is -0.496 e. The second kappa shape index (κ2) is 3.05. The Kier molecular flexibility index (Phi) is 2.11. The van der Waals surface area contributed by atoms with Gasteiger partial charge in [-0.2, -0.15) is 0 Å². The minimum absolute atomic E-state index is 0.190. The summed E-state index contributed by atoms with van der Waals surface area (Å²) >= 11 is 0. The molecule has 3 heteroatoms. The van der Waals surface area contributed by atoms with Crippen LogP contribution in [0.1, 0.15) is 10.4 Å². The standard InChI is InChI=1S/C8H8O3/c1-11-7-5-3-2-4-6(7)8(9)10/h2-5H,1H3,(H,9,10)/i8-1. The number of carbonyl (C=O) groups is 1. The molecule has 1 aromatic carbocycles.